The van der Waals surface area contributed by atoms with Gasteiger partial charge in [-0.15, -0.1) is 0 Å². The normalized spacial score (nSPS) is 11.9. The minimum Gasteiger partial charge on any atom is -0.480 e. The second-order valence-electron chi connectivity index (χ2n) is 3.77. The van der Waals surface area contributed by atoms with Crippen LogP contribution < -0.4 is 5.32 Å². The number of amides is 1. The van der Waals surface area contributed by atoms with Crippen molar-refractivity contribution < 1.29 is 23.8 Å². The lowest BCUT2D eigenvalue weighted by molar-refractivity contribution is -0.139. The van der Waals surface area contributed by atoms with E-state index in [9.17, 15) is 14.0 Å². The van der Waals surface area contributed by atoms with Gasteiger partial charge in [0.2, 0.25) is 0 Å². The highest BCUT2D eigenvalue weighted by atomic mass is 35.5. The molecule has 0 spiro atoms. The molecule has 0 fully saturated rings. The Kier molecular flexibility index (Phi) is 5.72. The summed E-state index contributed by atoms with van der Waals surface area (Å²) in [6.45, 7) is 0.187. The van der Waals surface area contributed by atoms with Gasteiger partial charge >= 0.3 is 5.97 Å². The lowest BCUT2D eigenvalue weighted by Gasteiger charge is -2.14. The Morgan fingerprint density at radius 1 is 1.53 bits per heavy atom. The summed E-state index contributed by atoms with van der Waals surface area (Å²) in [5.41, 5.74) is 0.00515. The van der Waals surface area contributed by atoms with Crippen molar-refractivity contribution in [1.82, 2.24) is 5.32 Å². The summed E-state index contributed by atoms with van der Waals surface area (Å²) in [5.74, 6) is -2.60. The van der Waals surface area contributed by atoms with Crippen molar-refractivity contribution in [2.45, 2.75) is 12.5 Å². The van der Waals surface area contributed by atoms with Crippen molar-refractivity contribution >= 4 is 23.5 Å². The molecule has 1 aromatic rings. The van der Waals surface area contributed by atoms with Crippen LogP contribution in [0.2, 0.25) is 5.02 Å². The van der Waals surface area contributed by atoms with E-state index in [2.05, 4.69) is 5.32 Å². The molecule has 1 amide bonds. The first-order valence-electron chi connectivity index (χ1n) is 5.43. The molecule has 104 valence electrons. The van der Waals surface area contributed by atoms with Crippen LogP contribution in [0.1, 0.15) is 16.8 Å². The molecule has 19 heavy (non-hydrogen) atoms. The lowest BCUT2D eigenvalue weighted by Crippen LogP contribution is -2.41. The summed E-state index contributed by atoms with van der Waals surface area (Å²) in [5, 5.41) is 11.1. The molecule has 0 saturated heterocycles. The van der Waals surface area contributed by atoms with Gasteiger partial charge in [0, 0.05) is 25.7 Å². The average Bonchev–Trinajstić information content (AvgIpc) is 2.37. The number of hydrogen-bond acceptors (Lipinski definition) is 3. The maximum absolute atomic E-state index is 13.2. The van der Waals surface area contributed by atoms with Crippen LogP contribution in [0.25, 0.3) is 0 Å². The summed E-state index contributed by atoms with van der Waals surface area (Å²) in [4.78, 5) is 22.7. The maximum atomic E-state index is 13.2. The first-order valence-corrected chi connectivity index (χ1v) is 5.81. The monoisotopic (exact) mass is 289 g/mol. The number of hydrogen-bond donors (Lipinski definition) is 2. The number of nitrogens with one attached hydrogen (secondary N) is 1. The quantitative estimate of drug-likeness (QED) is 0.836. The highest BCUT2D eigenvalue weighted by Gasteiger charge is 2.20. The van der Waals surface area contributed by atoms with E-state index in [1.807, 2.05) is 0 Å². The summed E-state index contributed by atoms with van der Waals surface area (Å²) in [7, 11) is 1.43. The molecule has 1 aromatic carbocycles. The summed E-state index contributed by atoms with van der Waals surface area (Å²) in [6.07, 6.45) is 0.119. The Labute approximate surface area is 114 Å². The van der Waals surface area contributed by atoms with Crippen molar-refractivity contribution in [3.63, 3.8) is 0 Å². The number of carbonyl (C=O) groups is 2. The third kappa shape index (κ3) is 4.50. The molecule has 5 nitrogen and oxygen atoms in total. The lowest BCUT2D eigenvalue weighted by atomic mass is 10.1. The maximum Gasteiger partial charge on any atom is 0.326 e. The molecule has 0 heterocycles. The average molecular weight is 290 g/mol. The summed E-state index contributed by atoms with van der Waals surface area (Å²) < 4.78 is 17.9. The molecule has 0 aromatic heterocycles. The Morgan fingerprint density at radius 2 is 2.21 bits per heavy atom. The molecule has 2 N–H and O–H groups in total. The van der Waals surface area contributed by atoms with Crippen LogP contribution in [-0.4, -0.2) is 36.7 Å². The number of ether oxygens (including phenoxy) is 1. The van der Waals surface area contributed by atoms with E-state index >= 15 is 0 Å². The number of rotatable bonds is 6. The van der Waals surface area contributed by atoms with Crippen LogP contribution in [-0.2, 0) is 9.53 Å². The number of carbonyl (C=O) groups excluding carboxylic acids is 1. The number of methoxy groups -OCH3 is 1. The smallest absolute Gasteiger partial charge is 0.326 e. The summed E-state index contributed by atoms with van der Waals surface area (Å²) in [6, 6.07) is 2.41. The van der Waals surface area contributed by atoms with Gasteiger partial charge in [0.15, 0.2) is 0 Å². The standard InChI is InChI=1S/C12H13ClFNO4/c1-19-5-4-10(12(17)18)15-11(16)7-2-3-8(13)9(14)6-7/h2-3,6,10H,4-5H2,1H3,(H,15,16)(H,17,18). The largest absolute Gasteiger partial charge is 0.480 e. The molecule has 0 saturated carbocycles. The topological polar surface area (TPSA) is 75.6 Å². The van der Waals surface area contributed by atoms with E-state index in [4.69, 9.17) is 21.4 Å². The molecule has 0 bridgehead atoms. The molecule has 0 radical (unpaired) electrons. The second-order valence-corrected chi connectivity index (χ2v) is 4.18. The molecule has 1 rings (SSSR count). The van der Waals surface area contributed by atoms with Gasteiger partial charge in [0.25, 0.3) is 5.91 Å². The zero-order valence-electron chi connectivity index (χ0n) is 10.2. The Balaban J connectivity index is 2.75. The number of benzene rings is 1. The molecule has 0 aliphatic rings. The number of aliphatic carboxylic acids is 1. The van der Waals surface area contributed by atoms with E-state index in [0.29, 0.717) is 0 Å². The van der Waals surface area contributed by atoms with Gasteiger partial charge in [-0.05, 0) is 18.2 Å². The van der Waals surface area contributed by atoms with Gasteiger partial charge in [0.1, 0.15) is 11.9 Å². The van der Waals surface area contributed by atoms with Crippen LogP contribution >= 0.6 is 11.6 Å². The SMILES string of the molecule is COCCC(NC(=O)c1ccc(Cl)c(F)c1)C(=O)O. The van der Waals surface area contributed by atoms with Crippen LogP contribution in [0.4, 0.5) is 4.39 Å². The molecule has 1 atom stereocenters. The Hall–Kier alpha value is -1.66. The Bertz CT molecular complexity index is 481. The van der Waals surface area contributed by atoms with E-state index in [-0.39, 0.29) is 23.6 Å². The molecule has 0 aliphatic carbocycles. The molecule has 0 aliphatic heterocycles. The highest BCUT2D eigenvalue weighted by Crippen LogP contribution is 2.15. The van der Waals surface area contributed by atoms with E-state index in [0.717, 1.165) is 6.07 Å². The fraction of sp³-hybridized carbons (Fsp3) is 0.333. The number of carboxylic acids is 1. The van der Waals surface area contributed by atoms with Crippen molar-refractivity contribution in [1.29, 1.82) is 0 Å². The van der Waals surface area contributed by atoms with Crippen molar-refractivity contribution in [3.05, 3.63) is 34.6 Å². The summed E-state index contributed by atoms with van der Waals surface area (Å²) >= 11 is 5.49. The minimum absolute atomic E-state index is 0.00515. The van der Waals surface area contributed by atoms with Crippen LogP contribution in [0.5, 0.6) is 0 Å². The molecular weight excluding hydrogens is 277 g/mol. The second kappa shape index (κ2) is 7.06. The van der Waals surface area contributed by atoms with E-state index in [1.165, 1.54) is 19.2 Å². The first-order chi connectivity index (χ1) is 8.95. The minimum atomic E-state index is -1.18. The molecule has 7 heteroatoms. The third-order valence-corrected chi connectivity index (χ3v) is 2.70. The van der Waals surface area contributed by atoms with E-state index in [1.54, 1.807) is 0 Å². The van der Waals surface area contributed by atoms with Gasteiger partial charge in [0.05, 0.1) is 5.02 Å². The van der Waals surface area contributed by atoms with Gasteiger partial charge in [-0.3, -0.25) is 4.79 Å². The predicted octanol–water partition coefficient (Wildman–Crippen LogP) is 1.70. The van der Waals surface area contributed by atoms with Crippen molar-refractivity contribution in [2.24, 2.45) is 0 Å². The van der Waals surface area contributed by atoms with Crippen LogP contribution in [0, 0.1) is 5.82 Å². The van der Waals surface area contributed by atoms with Crippen LogP contribution in [0.3, 0.4) is 0 Å². The number of carboxylic acid groups (broad SMARTS) is 1. The van der Waals surface area contributed by atoms with Crippen LogP contribution in [0.15, 0.2) is 18.2 Å². The van der Waals surface area contributed by atoms with Gasteiger partial charge in [-0.2, -0.15) is 0 Å². The zero-order chi connectivity index (χ0) is 14.4. The van der Waals surface area contributed by atoms with E-state index < -0.39 is 23.7 Å². The van der Waals surface area contributed by atoms with Gasteiger partial charge in [-0.1, -0.05) is 11.6 Å². The van der Waals surface area contributed by atoms with Gasteiger partial charge in [-0.25, -0.2) is 9.18 Å². The third-order valence-electron chi connectivity index (χ3n) is 2.40. The predicted molar refractivity (Wildman–Crippen MR) is 66.8 cm³/mol. The fourth-order valence-electron chi connectivity index (χ4n) is 1.37. The van der Waals surface area contributed by atoms with Crippen molar-refractivity contribution in [3.8, 4) is 0 Å². The fourth-order valence-corrected chi connectivity index (χ4v) is 1.49. The Morgan fingerprint density at radius 3 is 2.74 bits per heavy atom. The zero-order valence-corrected chi connectivity index (χ0v) is 10.9. The van der Waals surface area contributed by atoms with Crippen molar-refractivity contribution in [2.75, 3.05) is 13.7 Å². The number of halogens is 2. The van der Waals surface area contributed by atoms with Gasteiger partial charge < -0.3 is 15.2 Å². The molecule has 1 unspecified atom stereocenters. The highest BCUT2D eigenvalue weighted by molar-refractivity contribution is 6.30. The molecular formula is C12H13ClFNO4. The first kappa shape index (κ1) is 15.4.